The number of methoxy groups -OCH3 is 1. The van der Waals surface area contributed by atoms with Gasteiger partial charge in [-0.05, 0) is 79.5 Å². The van der Waals surface area contributed by atoms with E-state index in [0.29, 0.717) is 12.0 Å². The third-order valence-corrected chi connectivity index (χ3v) is 10.3. The highest BCUT2D eigenvalue weighted by Gasteiger charge is 2.38. The molecule has 6 heteroatoms. The number of aryl methyl sites for hydroxylation is 1. The molecule has 2 fully saturated rings. The second kappa shape index (κ2) is 18.4. The van der Waals surface area contributed by atoms with Crippen LogP contribution in [-0.2, 0) is 33.6 Å². The van der Waals surface area contributed by atoms with Gasteiger partial charge >= 0.3 is 11.9 Å². The second-order valence-corrected chi connectivity index (χ2v) is 14.6. The highest BCUT2D eigenvalue weighted by molar-refractivity contribution is 5.74. The third kappa shape index (κ3) is 12.3. The summed E-state index contributed by atoms with van der Waals surface area (Å²) in [5, 5.41) is 30.8. The predicted molar refractivity (Wildman–Crippen MR) is 192 cm³/mol. The van der Waals surface area contributed by atoms with Crippen molar-refractivity contribution in [3.63, 3.8) is 0 Å². The molecule has 3 N–H and O–H groups in total. The minimum absolute atomic E-state index is 0.0130. The van der Waals surface area contributed by atoms with Crippen LogP contribution in [0.25, 0.3) is 0 Å². The van der Waals surface area contributed by atoms with Crippen LogP contribution >= 0.6 is 0 Å². The highest BCUT2D eigenvalue weighted by atomic mass is 16.5. The van der Waals surface area contributed by atoms with Crippen LogP contribution in [0.3, 0.4) is 0 Å². The van der Waals surface area contributed by atoms with Gasteiger partial charge in [0.15, 0.2) is 0 Å². The molecule has 0 spiro atoms. The number of rotatable bonds is 18. The van der Waals surface area contributed by atoms with E-state index in [1.54, 1.807) is 6.92 Å². The molecule has 0 bridgehead atoms. The van der Waals surface area contributed by atoms with Crippen LogP contribution in [0.15, 0.2) is 65.8 Å². The quantitative estimate of drug-likeness (QED) is 0.109. The summed E-state index contributed by atoms with van der Waals surface area (Å²) in [5.74, 6) is 0.599. The molecule has 0 amide bonds. The van der Waals surface area contributed by atoms with Gasteiger partial charge in [0, 0.05) is 17.9 Å². The van der Waals surface area contributed by atoms with Crippen LogP contribution in [-0.4, -0.2) is 40.0 Å². The monoisotopic (exact) mass is 658 g/mol. The third-order valence-electron chi connectivity index (χ3n) is 10.3. The number of phenols is 1. The molecule has 2 saturated carbocycles. The Balaban J connectivity index is 0.000000217. The van der Waals surface area contributed by atoms with E-state index in [4.69, 9.17) is 4.74 Å². The number of aliphatic hydroxyl groups is 1. The summed E-state index contributed by atoms with van der Waals surface area (Å²) in [6, 6.07) is 14.1. The smallest absolute Gasteiger partial charge is 0.310 e. The average Bonchev–Trinajstić information content (AvgIpc) is 3.99. The van der Waals surface area contributed by atoms with Gasteiger partial charge in [-0.15, -0.1) is 0 Å². The number of ether oxygens (including phenoxy) is 1. The van der Waals surface area contributed by atoms with Crippen LogP contribution in [0.5, 0.6) is 5.75 Å². The van der Waals surface area contributed by atoms with Crippen molar-refractivity contribution in [2.24, 2.45) is 17.8 Å². The zero-order valence-corrected chi connectivity index (χ0v) is 29.5. The summed E-state index contributed by atoms with van der Waals surface area (Å²) in [7, 11) is 1.37. The molecule has 2 aromatic rings. The van der Waals surface area contributed by atoms with Gasteiger partial charge in [0.05, 0.1) is 25.6 Å². The van der Waals surface area contributed by atoms with E-state index in [9.17, 15) is 24.9 Å². The first-order chi connectivity index (χ1) is 23.1. The van der Waals surface area contributed by atoms with Crippen molar-refractivity contribution in [2.75, 3.05) is 7.11 Å². The van der Waals surface area contributed by atoms with E-state index in [-0.39, 0.29) is 30.5 Å². The maximum Gasteiger partial charge on any atom is 0.310 e. The minimum atomic E-state index is -1.01. The van der Waals surface area contributed by atoms with Gasteiger partial charge in [0.1, 0.15) is 5.75 Å². The van der Waals surface area contributed by atoms with Crippen molar-refractivity contribution < 1.29 is 29.6 Å². The SMILES string of the molecule is CC1(O)C(CCCC2CC2)=CC(CCCC2CC2)=CC1CC(=O)O.CCCCCc1cc(CC(=O)OC)c(O)c(Cc2ccccc2)c1. The van der Waals surface area contributed by atoms with Crippen LogP contribution < -0.4 is 0 Å². The molecule has 5 rings (SSSR count). The topological polar surface area (TPSA) is 104 Å². The maximum atomic E-state index is 11.6. The normalized spacial score (nSPS) is 20.3. The Morgan fingerprint density at radius 2 is 1.52 bits per heavy atom. The first-order valence-electron chi connectivity index (χ1n) is 18.4. The molecule has 0 aliphatic heterocycles. The Morgan fingerprint density at radius 3 is 2.12 bits per heavy atom. The zero-order chi connectivity index (χ0) is 34.5. The number of esters is 1. The Labute approximate surface area is 288 Å². The van der Waals surface area contributed by atoms with Crippen LogP contribution in [0.4, 0.5) is 0 Å². The Morgan fingerprint density at radius 1 is 0.875 bits per heavy atom. The standard InChI is InChI=1S/C21H32O3.C21H26O3/c1-21(24)18(7-3-5-16-10-11-16)12-17(6-2-4-15-8-9-15)13-19(21)14-20(22)23;1-3-4-6-11-17-13-18(12-16-9-7-5-8-10-16)21(23)19(14-17)15-20(22)24-2/h12-13,15-16,19,24H,2-11,14H2,1H3,(H,22,23);5,7-10,13-14,23H,3-4,6,11-12,15H2,1-2H3. The van der Waals surface area contributed by atoms with E-state index >= 15 is 0 Å². The van der Waals surface area contributed by atoms with Crippen molar-refractivity contribution >= 4 is 11.9 Å². The number of hydrogen-bond donors (Lipinski definition) is 3. The summed E-state index contributed by atoms with van der Waals surface area (Å²) in [5.41, 5.74) is 5.12. The van der Waals surface area contributed by atoms with Crippen molar-refractivity contribution in [1.29, 1.82) is 0 Å². The first kappa shape index (κ1) is 37.4. The number of allylic oxidation sites excluding steroid dienone is 2. The number of carboxylic acid groups (broad SMARTS) is 1. The van der Waals surface area contributed by atoms with E-state index in [1.165, 1.54) is 76.0 Å². The number of phenolic OH excluding ortho intramolecular Hbond substituents is 1. The fourth-order valence-corrected chi connectivity index (χ4v) is 6.86. The fourth-order valence-electron chi connectivity index (χ4n) is 6.86. The molecular formula is C42H58O6. The Bertz CT molecular complexity index is 1400. The molecule has 0 aromatic heterocycles. The van der Waals surface area contributed by atoms with Gasteiger partial charge in [-0.25, -0.2) is 0 Å². The fraction of sp³-hybridized carbons (Fsp3) is 0.571. The maximum absolute atomic E-state index is 11.6. The predicted octanol–water partition coefficient (Wildman–Crippen LogP) is 9.29. The molecule has 262 valence electrons. The molecule has 0 heterocycles. The number of carboxylic acids is 1. The average molecular weight is 659 g/mol. The number of carbonyl (C=O) groups excluding carboxylic acids is 1. The molecule has 3 aliphatic rings. The number of hydrogen-bond acceptors (Lipinski definition) is 5. The van der Waals surface area contributed by atoms with Crippen molar-refractivity contribution in [1.82, 2.24) is 0 Å². The van der Waals surface area contributed by atoms with Gasteiger partial charge in [0.25, 0.3) is 0 Å². The minimum Gasteiger partial charge on any atom is -0.507 e. The van der Waals surface area contributed by atoms with Gasteiger partial charge < -0.3 is 20.1 Å². The van der Waals surface area contributed by atoms with Crippen LogP contribution in [0, 0.1) is 17.8 Å². The lowest BCUT2D eigenvalue weighted by molar-refractivity contribution is -0.140. The molecular weight excluding hydrogens is 600 g/mol. The van der Waals surface area contributed by atoms with Gasteiger partial charge in [-0.3, -0.25) is 9.59 Å². The summed E-state index contributed by atoms with van der Waals surface area (Å²) >= 11 is 0. The van der Waals surface area contributed by atoms with E-state index in [1.807, 2.05) is 42.5 Å². The van der Waals surface area contributed by atoms with Gasteiger partial charge in [-0.2, -0.15) is 0 Å². The van der Waals surface area contributed by atoms with E-state index in [0.717, 1.165) is 60.6 Å². The molecule has 6 nitrogen and oxygen atoms in total. The number of aliphatic carboxylic acids is 1. The molecule has 3 aliphatic carbocycles. The molecule has 0 saturated heterocycles. The zero-order valence-electron chi connectivity index (χ0n) is 29.5. The largest absolute Gasteiger partial charge is 0.507 e. The molecule has 48 heavy (non-hydrogen) atoms. The molecule has 0 radical (unpaired) electrons. The highest BCUT2D eigenvalue weighted by Crippen LogP contribution is 2.41. The van der Waals surface area contributed by atoms with Crippen molar-refractivity contribution in [3.05, 3.63) is 88.0 Å². The Hall–Kier alpha value is -3.38. The molecule has 2 unspecified atom stereocenters. The Kier molecular flexibility index (Phi) is 14.4. The van der Waals surface area contributed by atoms with Gasteiger partial charge in [-0.1, -0.05) is 118 Å². The van der Waals surface area contributed by atoms with E-state index in [2.05, 4.69) is 19.1 Å². The van der Waals surface area contributed by atoms with Crippen molar-refractivity contribution in [2.45, 2.75) is 129 Å². The lowest BCUT2D eigenvalue weighted by Gasteiger charge is -2.37. The van der Waals surface area contributed by atoms with Crippen LogP contribution in [0.2, 0.25) is 0 Å². The second-order valence-electron chi connectivity index (χ2n) is 14.6. The summed E-state index contributed by atoms with van der Waals surface area (Å²) in [4.78, 5) is 22.9. The lowest BCUT2D eigenvalue weighted by Crippen LogP contribution is -2.39. The van der Waals surface area contributed by atoms with E-state index < -0.39 is 11.6 Å². The lowest BCUT2D eigenvalue weighted by atomic mass is 9.73. The van der Waals surface area contributed by atoms with Crippen LogP contribution in [0.1, 0.15) is 126 Å². The first-order valence-corrected chi connectivity index (χ1v) is 18.4. The number of aromatic hydroxyl groups is 1. The van der Waals surface area contributed by atoms with Gasteiger partial charge in [0.2, 0.25) is 0 Å². The number of benzene rings is 2. The number of carbonyl (C=O) groups is 2. The summed E-state index contributed by atoms with van der Waals surface area (Å²) in [6.07, 6.45) is 21.7. The molecule has 2 aromatic carbocycles. The summed E-state index contributed by atoms with van der Waals surface area (Å²) in [6.45, 7) is 3.99. The summed E-state index contributed by atoms with van der Waals surface area (Å²) < 4.78 is 4.76. The molecule has 2 atom stereocenters. The number of unbranched alkanes of at least 4 members (excludes halogenated alkanes) is 2. The van der Waals surface area contributed by atoms with Crippen molar-refractivity contribution in [3.8, 4) is 5.75 Å².